The van der Waals surface area contributed by atoms with Crippen molar-refractivity contribution in [2.24, 2.45) is 5.73 Å². The largest absolute Gasteiger partial charge is 0.486 e. The fourth-order valence-electron chi connectivity index (χ4n) is 1.46. The minimum atomic E-state index is -0.307. The highest BCUT2D eigenvalue weighted by Gasteiger charge is 2.08. The van der Waals surface area contributed by atoms with Crippen LogP contribution < -0.4 is 10.5 Å². The molecule has 5 heteroatoms. The van der Waals surface area contributed by atoms with Crippen LogP contribution in [0, 0.1) is 5.82 Å². The number of nitrogens with zero attached hydrogens (tertiary/aromatic N) is 1. The Balaban J connectivity index is 2.16. The molecule has 0 fully saturated rings. The second-order valence-corrected chi connectivity index (χ2v) is 4.03. The highest BCUT2D eigenvalue weighted by molar-refractivity contribution is 7.80. The number of hydrogen-bond acceptors (Lipinski definition) is 3. The summed E-state index contributed by atoms with van der Waals surface area (Å²) >= 11 is 4.87. The molecule has 1 aromatic heterocycles. The van der Waals surface area contributed by atoms with E-state index in [1.54, 1.807) is 36.5 Å². The van der Waals surface area contributed by atoms with Crippen molar-refractivity contribution < 1.29 is 9.13 Å². The van der Waals surface area contributed by atoms with Gasteiger partial charge in [0.1, 0.15) is 28.9 Å². The molecule has 0 atom stereocenters. The lowest BCUT2D eigenvalue weighted by Gasteiger charge is -2.09. The fraction of sp³-hybridized carbons (Fsp3) is 0.0769. The van der Waals surface area contributed by atoms with Crippen molar-refractivity contribution in [1.29, 1.82) is 0 Å². The molecule has 92 valence electrons. The molecule has 1 heterocycles. The highest BCUT2D eigenvalue weighted by atomic mass is 32.1. The molecule has 2 N–H and O–H groups in total. The molecular weight excluding hydrogens is 251 g/mol. The van der Waals surface area contributed by atoms with Gasteiger partial charge in [0.15, 0.2) is 0 Å². The SMILES string of the molecule is NC(=S)c1ncccc1OCc1ccccc1F. The molecule has 18 heavy (non-hydrogen) atoms. The molecule has 3 nitrogen and oxygen atoms in total. The first-order valence-electron chi connectivity index (χ1n) is 5.29. The van der Waals surface area contributed by atoms with Crippen LogP contribution in [0.5, 0.6) is 5.75 Å². The number of hydrogen-bond donors (Lipinski definition) is 1. The molecule has 1 aromatic carbocycles. The Morgan fingerprint density at radius 2 is 2.06 bits per heavy atom. The molecule has 0 aliphatic heterocycles. The normalized spacial score (nSPS) is 10.1. The van der Waals surface area contributed by atoms with Gasteiger partial charge in [-0.3, -0.25) is 0 Å². The van der Waals surface area contributed by atoms with Crippen LogP contribution in [0.25, 0.3) is 0 Å². The Hall–Kier alpha value is -2.01. The lowest BCUT2D eigenvalue weighted by molar-refractivity contribution is 0.298. The summed E-state index contributed by atoms with van der Waals surface area (Å²) in [6.07, 6.45) is 1.57. The topological polar surface area (TPSA) is 48.1 Å². The lowest BCUT2D eigenvalue weighted by atomic mass is 10.2. The molecule has 0 aliphatic carbocycles. The van der Waals surface area contributed by atoms with Gasteiger partial charge in [-0.2, -0.15) is 0 Å². The third-order valence-electron chi connectivity index (χ3n) is 2.35. The standard InChI is InChI=1S/C13H11FN2OS/c14-10-5-2-1-4-9(10)8-17-11-6-3-7-16-12(11)13(15)18/h1-7H,8H2,(H2,15,18). The zero-order valence-electron chi connectivity index (χ0n) is 9.47. The smallest absolute Gasteiger partial charge is 0.148 e. The zero-order chi connectivity index (χ0) is 13.0. The third-order valence-corrected chi connectivity index (χ3v) is 2.54. The summed E-state index contributed by atoms with van der Waals surface area (Å²) in [6, 6.07) is 9.83. The van der Waals surface area contributed by atoms with E-state index in [9.17, 15) is 4.39 Å². The van der Waals surface area contributed by atoms with Crippen molar-refractivity contribution in [2.45, 2.75) is 6.61 Å². The minimum absolute atomic E-state index is 0.105. The maximum Gasteiger partial charge on any atom is 0.148 e. The molecule has 0 spiro atoms. The van der Waals surface area contributed by atoms with Gasteiger partial charge in [-0.15, -0.1) is 0 Å². The fourth-order valence-corrected chi connectivity index (χ4v) is 1.62. The molecule has 2 aromatic rings. The quantitative estimate of drug-likeness (QED) is 0.860. The van der Waals surface area contributed by atoms with Crippen molar-refractivity contribution in [3.05, 3.63) is 59.7 Å². The van der Waals surface area contributed by atoms with Crippen LogP contribution in [0.3, 0.4) is 0 Å². The average molecular weight is 262 g/mol. The van der Waals surface area contributed by atoms with Gasteiger partial charge in [-0.05, 0) is 18.2 Å². The summed E-state index contributed by atoms with van der Waals surface area (Å²) < 4.78 is 18.9. The van der Waals surface area contributed by atoms with E-state index in [4.69, 9.17) is 22.7 Å². The van der Waals surface area contributed by atoms with Gasteiger partial charge in [0.25, 0.3) is 0 Å². The zero-order valence-corrected chi connectivity index (χ0v) is 10.3. The molecule has 0 saturated carbocycles. The van der Waals surface area contributed by atoms with Crippen LogP contribution >= 0.6 is 12.2 Å². The summed E-state index contributed by atoms with van der Waals surface area (Å²) in [5, 5.41) is 0. The molecule has 0 bridgehead atoms. The predicted octanol–water partition coefficient (Wildman–Crippen LogP) is 2.43. The van der Waals surface area contributed by atoms with Crippen molar-refractivity contribution in [3.8, 4) is 5.75 Å². The van der Waals surface area contributed by atoms with Crippen LogP contribution in [0.15, 0.2) is 42.6 Å². The highest BCUT2D eigenvalue weighted by Crippen LogP contribution is 2.17. The first-order valence-corrected chi connectivity index (χ1v) is 5.70. The van der Waals surface area contributed by atoms with Crippen molar-refractivity contribution in [1.82, 2.24) is 4.98 Å². The molecule has 0 radical (unpaired) electrons. The van der Waals surface area contributed by atoms with Gasteiger partial charge in [-0.25, -0.2) is 9.37 Å². The maximum absolute atomic E-state index is 13.4. The van der Waals surface area contributed by atoms with Gasteiger partial charge in [0.05, 0.1) is 0 Å². The summed E-state index contributed by atoms with van der Waals surface area (Å²) in [4.78, 5) is 4.18. The molecular formula is C13H11FN2OS. The van der Waals surface area contributed by atoms with Crippen molar-refractivity contribution in [3.63, 3.8) is 0 Å². The van der Waals surface area contributed by atoms with Gasteiger partial charge in [0.2, 0.25) is 0 Å². The van der Waals surface area contributed by atoms with Crippen molar-refractivity contribution in [2.75, 3.05) is 0 Å². The Labute approximate surface area is 109 Å². The maximum atomic E-state index is 13.4. The Bertz CT molecular complexity index is 574. The van der Waals surface area contributed by atoms with Gasteiger partial charge < -0.3 is 10.5 Å². The third kappa shape index (κ3) is 2.81. The van der Waals surface area contributed by atoms with E-state index in [0.717, 1.165) is 0 Å². The van der Waals surface area contributed by atoms with E-state index < -0.39 is 0 Å². The molecule has 0 unspecified atom stereocenters. The summed E-state index contributed by atoms with van der Waals surface area (Å²) in [5.74, 6) is 0.145. The number of halogens is 1. The van der Waals surface area contributed by atoms with Crippen LogP contribution in [-0.2, 0) is 6.61 Å². The lowest BCUT2D eigenvalue weighted by Crippen LogP contribution is -2.13. The molecule has 2 rings (SSSR count). The number of aromatic nitrogens is 1. The van der Waals surface area contributed by atoms with E-state index >= 15 is 0 Å². The van der Waals surface area contributed by atoms with E-state index in [1.807, 2.05) is 0 Å². The minimum Gasteiger partial charge on any atom is -0.486 e. The number of pyridine rings is 1. The van der Waals surface area contributed by atoms with Gasteiger partial charge in [-0.1, -0.05) is 30.4 Å². The van der Waals surface area contributed by atoms with Crippen LogP contribution in [0.4, 0.5) is 4.39 Å². The van der Waals surface area contributed by atoms with E-state index in [0.29, 0.717) is 17.0 Å². The van der Waals surface area contributed by atoms with E-state index in [1.165, 1.54) is 6.07 Å². The first-order chi connectivity index (χ1) is 8.68. The Morgan fingerprint density at radius 1 is 1.28 bits per heavy atom. The van der Waals surface area contributed by atoms with Gasteiger partial charge in [0, 0.05) is 11.8 Å². The van der Waals surface area contributed by atoms with Crippen LogP contribution in [0.1, 0.15) is 11.3 Å². The van der Waals surface area contributed by atoms with Crippen molar-refractivity contribution >= 4 is 17.2 Å². The summed E-state index contributed by atoms with van der Waals surface area (Å²) in [7, 11) is 0. The van der Waals surface area contributed by atoms with Crippen LogP contribution in [-0.4, -0.2) is 9.97 Å². The van der Waals surface area contributed by atoms with Gasteiger partial charge >= 0.3 is 0 Å². The first kappa shape index (κ1) is 12.4. The number of ether oxygens (including phenoxy) is 1. The number of benzene rings is 1. The van der Waals surface area contributed by atoms with Crippen LogP contribution in [0.2, 0.25) is 0 Å². The monoisotopic (exact) mass is 262 g/mol. The second-order valence-electron chi connectivity index (χ2n) is 3.59. The second kappa shape index (κ2) is 5.55. The number of nitrogens with two attached hydrogens (primary N) is 1. The number of rotatable bonds is 4. The molecule has 0 aliphatic rings. The Morgan fingerprint density at radius 3 is 2.78 bits per heavy atom. The number of thiocarbonyl (C=S) groups is 1. The molecule has 0 saturated heterocycles. The van der Waals surface area contributed by atoms with E-state index in [2.05, 4.69) is 4.98 Å². The average Bonchev–Trinajstić information content (AvgIpc) is 2.38. The van der Waals surface area contributed by atoms with E-state index in [-0.39, 0.29) is 17.4 Å². The Kier molecular flexibility index (Phi) is 3.84. The summed E-state index contributed by atoms with van der Waals surface area (Å²) in [5.41, 5.74) is 6.40. The molecule has 0 amide bonds. The predicted molar refractivity (Wildman–Crippen MR) is 70.9 cm³/mol. The summed E-state index contributed by atoms with van der Waals surface area (Å²) in [6.45, 7) is 0.105.